The van der Waals surface area contributed by atoms with Gasteiger partial charge < -0.3 is 15.3 Å². The quantitative estimate of drug-likeness (QED) is 0.134. The summed E-state index contributed by atoms with van der Waals surface area (Å²) in [4.78, 5) is 37.6. The van der Waals surface area contributed by atoms with Crippen LogP contribution in [-0.2, 0) is 22.6 Å². The summed E-state index contributed by atoms with van der Waals surface area (Å²) in [5.74, 6) is 3.91. The number of hydrogen-bond acceptors (Lipinski definition) is 7. The zero-order chi connectivity index (χ0) is 31.8. The van der Waals surface area contributed by atoms with Crippen LogP contribution in [0, 0.1) is 27.9 Å². The lowest BCUT2D eigenvalue weighted by atomic mass is 10.1. The van der Waals surface area contributed by atoms with Crippen LogP contribution in [0.2, 0.25) is 0 Å². The molecule has 0 aromatic heterocycles. The molecule has 44 heavy (non-hydrogen) atoms. The number of nitrogens with one attached hydrogen (secondary N) is 1. The van der Waals surface area contributed by atoms with Gasteiger partial charge in [0.1, 0.15) is 11.6 Å². The summed E-state index contributed by atoms with van der Waals surface area (Å²) >= 11 is -2.48. The van der Waals surface area contributed by atoms with Gasteiger partial charge in [-0.25, -0.2) is 9.22 Å². The van der Waals surface area contributed by atoms with E-state index in [0.717, 1.165) is 15.7 Å². The van der Waals surface area contributed by atoms with Gasteiger partial charge in [0, 0.05) is 55.6 Å². The highest BCUT2D eigenvalue weighted by atomic mass is 32.2. The largest absolute Gasteiger partial charge is 0.480 e. The van der Waals surface area contributed by atoms with E-state index in [1.54, 1.807) is 18.9 Å². The molecule has 3 aromatic rings. The van der Waals surface area contributed by atoms with Gasteiger partial charge in [0.2, 0.25) is 11.3 Å². The van der Waals surface area contributed by atoms with E-state index < -0.39 is 34.1 Å². The summed E-state index contributed by atoms with van der Waals surface area (Å²) in [6.07, 6.45) is 0. The first-order chi connectivity index (χ1) is 21.0. The van der Waals surface area contributed by atoms with Crippen LogP contribution in [0.15, 0.2) is 72.8 Å². The number of rotatable bonds is 10. The van der Waals surface area contributed by atoms with Crippen molar-refractivity contribution < 1.29 is 28.4 Å². The van der Waals surface area contributed by atoms with Crippen molar-refractivity contribution in [2.24, 2.45) is 5.92 Å². The molecule has 2 atom stereocenters. The molecule has 0 saturated carbocycles. The Morgan fingerprint density at radius 1 is 1.00 bits per heavy atom. The van der Waals surface area contributed by atoms with Crippen molar-refractivity contribution in [2.75, 3.05) is 31.1 Å². The fourth-order valence-electron chi connectivity index (χ4n) is 4.89. The van der Waals surface area contributed by atoms with Crippen LogP contribution >= 0.6 is 0 Å². The third-order valence-corrected chi connectivity index (χ3v) is 7.91. The summed E-state index contributed by atoms with van der Waals surface area (Å²) in [6.45, 7) is 5.39. The van der Waals surface area contributed by atoms with Crippen molar-refractivity contribution >= 4 is 34.5 Å². The Labute approximate surface area is 257 Å². The Hall–Kier alpha value is -4.61. The molecule has 3 aromatic carbocycles. The topological polar surface area (TPSA) is 157 Å². The number of nitro groups is 1. The Balaban J connectivity index is 1.42. The van der Waals surface area contributed by atoms with Gasteiger partial charge in [-0.2, -0.15) is 0 Å². The van der Waals surface area contributed by atoms with Gasteiger partial charge in [-0.05, 0) is 47.9 Å². The molecule has 1 aliphatic rings. The van der Waals surface area contributed by atoms with Crippen molar-refractivity contribution in [3.8, 4) is 11.8 Å². The molecule has 4 rings (SSSR count). The van der Waals surface area contributed by atoms with Crippen LogP contribution in [0.4, 0.5) is 11.4 Å². The number of nitro benzene ring substituents is 1. The first kappa shape index (κ1) is 32.3. The lowest BCUT2D eigenvalue weighted by molar-refractivity contribution is -0.385. The van der Waals surface area contributed by atoms with E-state index in [0.29, 0.717) is 37.3 Å². The fourth-order valence-corrected chi connectivity index (χ4v) is 5.77. The van der Waals surface area contributed by atoms with Gasteiger partial charge in [-0.1, -0.05) is 56.0 Å². The third kappa shape index (κ3) is 8.06. The maximum absolute atomic E-state index is 12.8. The fraction of sp³-hybridized carbons (Fsp3) is 0.290. The minimum absolute atomic E-state index is 0.0705. The summed E-state index contributed by atoms with van der Waals surface area (Å²) in [6, 6.07) is 19.8. The van der Waals surface area contributed by atoms with Crippen LogP contribution < -0.4 is 10.2 Å². The van der Waals surface area contributed by atoms with Gasteiger partial charge in [-0.15, -0.1) is 4.41 Å². The number of piperazine rings is 1. The number of nitrogens with zero attached hydrogens (tertiary/aromatic N) is 4. The zero-order valence-electron chi connectivity index (χ0n) is 24.3. The van der Waals surface area contributed by atoms with Crippen molar-refractivity contribution in [2.45, 2.75) is 26.4 Å². The number of benzene rings is 3. The molecule has 0 bridgehead atoms. The Kier molecular flexibility index (Phi) is 10.8. The molecule has 13 heteroatoms. The minimum Gasteiger partial charge on any atom is -0.480 e. The highest BCUT2D eigenvalue weighted by Gasteiger charge is 2.38. The number of carboxylic acids is 1. The number of carbonyl (C=O) groups excluding carboxylic acids is 1. The van der Waals surface area contributed by atoms with Crippen molar-refractivity contribution in [3.05, 3.63) is 105 Å². The molecule has 2 unspecified atom stereocenters. The Bertz CT molecular complexity index is 1580. The van der Waals surface area contributed by atoms with Gasteiger partial charge in [-0.3, -0.25) is 24.3 Å². The van der Waals surface area contributed by atoms with E-state index in [1.807, 2.05) is 54.6 Å². The molecule has 1 heterocycles. The summed E-state index contributed by atoms with van der Waals surface area (Å²) in [5.41, 5.74) is 2.56. The summed E-state index contributed by atoms with van der Waals surface area (Å²) < 4.78 is 22.9. The summed E-state index contributed by atoms with van der Waals surface area (Å²) in [5, 5.41) is 25.5. The number of hydrogen-bond donors (Lipinski definition) is 3. The Morgan fingerprint density at radius 2 is 1.61 bits per heavy atom. The molecule has 1 amide bonds. The van der Waals surface area contributed by atoms with E-state index in [-0.39, 0.29) is 23.7 Å². The highest BCUT2D eigenvalue weighted by Crippen LogP contribution is 2.23. The van der Waals surface area contributed by atoms with E-state index in [9.17, 15) is 33.6 Å². The van der Waals surface area contributed by atoms with Crippen LogP contribution in [0.5, 0.6) is 0 Å². The van der Waals surface area contributed by atoms with Crippen LogP contribution in [0.25, 0.3) is 0 Å². The molecule has 230 valence electrons. The maximum Gasteiger partial charge on any atom is 0.323 e. The lowest BCUT2D eigenvalue weighted by Gasteiger charge is -2.42. The first-order valence-electron chi connectivity index (χ1n) is 13.9. The molecule has 1 aliphatic heterocycles. The van der Waals surface area contributed by atoms with Gasteiger partial charge in [0.15, 0.2) is 0 Å². The molecule has 3 N–H and O–H groups in total. The molecule has 0 aliphatic carbocycles. The maximum atomic E-state index is 12.8. The number of aliphatic carboxylic acids is 1. The highest BCUT2D eigenvalue weighted by molar-refractivity contribution is 7.76. The molecule has 0 spiro atoms. The normalized spacial score (nSPS) is 14.9. The monoisotopic (exact) mass is 619 g/mol. The van der Waals surface area contributed by atoms with Crippen LogP contribution in [0.3, 0.4) is 0 Å². The lowest BCUT2D eigenvalue weighted by Crippen LogP contribution is -2.60. The second-order valence-corrected chi connectivity index (χ2v) is 11.3. The SMILES string of the molecule is CC(C)C(C(=O)O)N(N1CCN(c2ccc(C#Cc3ccc([N+](=O)[O-])c(C(=O)NCc4ccccc4)c3)cc2)CC1)S(=O)O. The average molecular weight is 620 g/mol. The standard InChI is InChI=1S/C31H33N5O7S/c1-22(2)29(31(38)39)35(44(42)43)34-18-16-33(17-19-34)26-13-10-23(11-14-26)8-9-24-12-15-28(36(40)41)27(20-24)30(37)32-21-25-6-4-3-5-7-25/h3-7,10-15,20,22,29H,16-19,21H2,1-2H3,(H,32,37)(H,38,39)(H,42,43). The zero-order valence-corrected chi connectivity index (χ0v) is 25.1. The van der Waals surface area contributed by atoms with Crippen molar-refractivity contribution in [1.82, 2.24) is 14.7 Å². The third-order valence-electron chi connectivity index (χ3n) is 7.13. The smallest absolute Gasteiger partial charge is 0.323 e. The second kappa shape index (κ2) is 14.7. The molecular weight excluding hydrogens is 586 g/mol. The average Bonchev–Trinajstić information content (AvgIpc) is 3.01. The molecule has 1 fully saturated rings. The number of anilines is 1. The number of carbonyl (C=O) groups is 2. The molecule has 12 nitrogen and oxygen atoms in total. The Morgan fingerprint density at radius 3 is 2.18 bits per heavy atom. The van der Waals surface area contributed by atoms with E-state index in [1.165, 1.54) is 18.2 Å². The van der Waals surface area contributed by atoms with E-state index in [4.69, 9.17) is 0 Å². The van der Waals surface area contributed by atoms with E-state index in [2.05, 4.69) is 22.1 Å². The predicted octanol–water partition coefficient (Wildman–Crippen LogP) is 3.51. The van der Waals surface area contributed by atoms with Gasteiger partial charge >= 0.3 is 5.97 Å². The first-order valence-corrected chi connectivity index (χ1v) is 15.0. The predicted molar refractivity (Wildman–Crippen MR) is 166 cm³/mol. The molecule has 0 radical (unpaired) electrons. The van der Waals surface area contributed by atoms with Crippen LogP contribution in [-0.4, -0.2) is 72.3 Å². The van der Waals surface area contributed by atoms with Gasteiger partial charge in [0.05, 0.1) is 4.92 Å². The van der Waals surface area contributed by atoms with E-state index >= 15 is 0 Å². The number of carboxylic acid groups (broad SMARTS) is 1. The molecule has 1 saturated heterocycles. The van der Waals surface area contributed by atoms with Crippen molar-refractivity contribution in [3.63, 3.8) is 0 Å². The minimum atomic E-state index is -2.48. The molecular formula is C31H33N5O7S. The van der Waals surface area contributed by atoms with Crippen molar-refractivity contribution in [1.29, 1.82) is 0 Å². The summed E-state index contributed by atoms with van der Waals surface area (Å²) in [7, 11) is 0. The van der Waals surface area contributed by atoms with Gasteiger partial charge in [0.25, 0.3) is 11.6 Å². The second-order valence-electron chi connectivity index (χ2n) is 10.5. The van der Waals surface area contributed by atoms with Crippen LogP contribution in [0.1, 0.15) is 40.9 Å². The number of hydrazine groups is 1. The number of amides is 1.